The van der Waals surface area contributed by atoms with E-state index in [-0.39, 0.29) is 23.0 Å². The number of nitrogens with zero attached hydrogens (tertiary/aromatic N) is 1. The van der Waals surface area contributed by atoms with Crippen molar-refractivity contribution in [2.75, 3.05) is 5.32 Å². The average Bonchev–Trinajstić information content (AvgIpc) is 2.81. The lowest BCUT2D eigenvalue weighted by Crippen LogP contribution is -2.18. The Morgan fingerprint density at radius 1 is 1.39 bits per heavy atom. The van der Waals surface area contributed by atoms with Crippen LogP contribution in [0.3, 0.4) is 0 Å². The van der Waals surface area contributed by atoms with Crippen LogP contribution in [0.1, 0.15) is 23.2 Å². The van der Waals surface area contributed by atoms with Gasteiger partial charge in [-0.2, -0.15) is 0 Å². The van der Waals surface area contributed by atoms with Crippen molar-refractivity contribution in [3.05, 3.63) is 46.0 Å². The van der Waals surface area contributed by atoms with Crippen molar-refractivity contribution in [2.24, 2.45) is 0 Å². The van der Waals surface area contributed by atoms with Gasteiger partial charge in [0, 0.05) is 12.1 Å². The number of aromatic carboxylic acids is 1. The average molecular weight is 248 g/mol. The Hall–Kier alpha value is -2.37. The van der Waals surface area contributed by atoms with Gasteiger partial charge >= 0.3 is 5.97 Å². The SMILES string of the molecule is O=C(O)c1cccc([N+](=O)[O-])c1NC1CC=CC1. The molecule has 1 aromatic rings. The van der Waals surface area contributed by atoms with E-state index in [1.165, 1.54) is 18.2 Å². The number of carboxylic acid groups (broad SMARTS) is 1. The predicted molar refractivity (Wildman–Crippen MR) is 65.8 cm³/mol. The van der Waals surface area contributed by atoms with Gasteiger partial charge in [0.15, 0.2) is 0 Å². The number of hydrogen-bond acceptors (Lipinski definition) is 4. The first-order chi connectivity index (χ1) is 8.59. The summed E-state index contributed by atoms with van der Waals surface area (Å²) in [5.41, 5.74) is -0.193. The molecule has 0 saturated carbocycles. The molecule has 0 fully saturated rings. The van der Waals surface area contributed by atoms with Crippen molar-refractivity contribution in [1.82, 2.24) is 0 Å². The van der Waals surface area contributed by atoms with Gasteiger partial charge < -0.3 is 10.4 Å². The lowest BCUT2D eigenvalue weighted by Gasteiger charge is -2.15. The molecule has 0 heterocycles. The van der Waals surface area contributed by atoms with E-state index in [9.17, 15) is 14.9 Å². The molecule has 0 aromatic heterocycles. The topological polar surface area (TPSA) is 92.5 Å². The van der Waals surface area contributed by atoms with Gasteiger partial charge in [0.25, 0.3) is 5.69 Å². The normalized spacial score (nSPS) is 14.7. The summed E-state index contributed by atoms with van der Waals surface area (Å²) in [6, 6.07) is 4.06. The molecule has 94 valence electrons. The molecule has 2 N–H and O–H groups in total. The molecular formula is C12H12N2O4. The van der Waals surface area contributed by atoms with Crippen molar-refractivity contribution in [3.63, 3.8) is 0 Å². The summed E-state index contributed by atoms with van der Waals surface area (Å²) in [7, 11) is 0. The van der Waals surface area contributed by atoms with Gasteiger partial charge in [0.1, 0.15) is 5.69 Å². The van der Waals surface area contributed by atoms with E-state index in [2.05, 4.69) is 5.32 Å². The summed E-state index contributed by atoms with van der Waals surface area (Å²) in [5, 5.41) is 23.0. The fourth-order valence-electron chi connectivity index (χ4n) is 1.96. The van der Waals surface area contributed by atoms with E-state index < -0.39 is 10.9 Å². The highest BCUT2D eigenvalue weighted by atomic mass is 16.6. The predicted octanol–water partition coefficient (Wildman–Crippen LogP) is 2.42. The number of anilines is 1. The van der Waals surface area contributed by atoms with Gasteiger partial charge in [0.05, 0.1) is 10.5 Å². The third-order valence-corrected chi connectivity index (χ3v) is 2.83. The van der Waals surface area contributed by atoms with Crippen LogP contribution in [0.2, 0.25) is 0 Å². The van der Waals surface area contributed by atoms with E-state index in [0.717, 1.165) is 12.8 Å². The molecule has 0 amide bonds. The summed E-state index contributed by atoms with van der Waals surface area (Å²) < 4.78 is 0. The highest BCUT2D eigenvalue weighted by Gasteiger charge is 2.23. The number of benzene rings is 1. The second kappa shape index (κ2) is 4.87. The van der Waals surface area contributed by atoms with Crippen LogP contribution in [0.15, 0.2) is 30.4 Å². The number of nitro groups is 1. The molecule has 0 spiro atoms. The summed E-state index contributed by atoms with van der Waals surface area (Å²) in [6.07, 6.45) is 5.41. The maximum absolute atomic E-state index is 11.1. The second-order valence-corrected chi connectivity index (χ2v) is 4.05. The molecule has 2 rings (SSSR count). The fraction of sp³-hybridized carbons (Fsp3) is 0.250. The van der Waals surface area contributed by atoms with E-state index in [1.54, 1.807) is 0 Å². The van der Waals surface area contributed by atoms with E-state index in [1.807, 2.05) is 12.2 Å². The first kappa shape index (κ1) is 12.1. The summed E-state index contributed by atoms with van der Waals surface area (Å²) in [5.74, 6) is -1.17. The quantitative estimate of drug-likeness (QED) is 0.485. The minimum absolute atomic E-state index is 0.0178. The van der Waals surface area contributed by atoms with Crippen LogP contribution in [0.5, 0.6) is 0 Å². The molecule has 0 bridgehead atoms. The zero-order chi connectivity index (χ0) is 13.1. The molecule has 0 atom stereocenters. The van der Waals surface area contributed by atoms with Gasteiger partial charge in [0.2, 0.25) is 0 Å². The summed E-state index contributed by atoms with van der Waals surface area (Å²) >= 11 is 0. The number of carbonyl (C=O) groups is 1. The molecule has 0 saturated heterocycles. The van der Waals surface area contributed by atoms with Gasteiger partial charge in [-0.05, 0) is 18.9 Å². The van der Waals surface area contributed by atoms with Gasteiger partial charge in [-0.3, -0.25) is 10.1 Å². The molecular weight excluding hydrogens is 236 g/mol. The van der Waals surface area contributed by atoms with Crippen molar-refractivity contribution in [3.8, 4) is 0 Å². The molecule has 0 radical (unpaired) electrons. The van der Waals surface area contributed by atoms with Crippen molar-refractivity contribution < 1.29 is 14.8 Å². The van der Waals surface area contributed by atoms with Crippen LogP contribution in [-0.2, 0) is 0 Å². The van der Waals surface area contributed by atoms with Crippen LogP contribution in [-0.4, -0.2) is 22.0 Å². The molecule has 6 nitrogen and oxygen atoms in total. The molecule has 1 aromatic carbocycles. The van der Waals surface area contributed by atoms with Crippen molar-refractivity contribution in [1.29, 1.82) is 0 Å². The lowest BCUT2D eigenvalue weighted by atomic mass is 10.1. The Kier molecular flexibility index (Phi) is 3.27. The second-order valence-electron chi connectivity index (χ2n) is 4.05. The Bertz CT molecular complexity index is 485. The van der Waals surface area contributed by atoms with Crippen LogP contribution in [0.25, 0.3) is 0 Å². The van der Waals surface area contributed by atoms with Crippen LogP contribution in [0.4, 0.5) is 11.4 Å². The Morgan fingerprint density at radius 2 is 2.06 bits per heavy atom. The zero-order valence-corrected chi connectivity index (χ0v) is 9.50. The third-order valence-electron chi connectivity index (χ3n) is 2.83. The van der Waals surface area contributed by atoms with Gasteiger partial charge in [-0.15, -0.1) is 0 Å². The number of nitro benzene ring substituents is 1. The zero-order valence-electron chi connectivity index (χ0n) is 9.50. The van der Waals surface area contributed by atoms with Crippen LogP contribution < -0.4 is 5.32 Å². The molecule has 1 aliphatic rings. The van der Waals surface area contributed by atoms with E-state index in [4.69, 9.17) is 5.11 Å². The van der Waals surface area contributed by atoms with Gasteiger partial charge in [-0.25, -0.2) is 4.79 Å². The molecule has 6 heteroatoms. The largest absolute Gasteiger partial charge is 0.478 e. The monoisotopic (exact) mass is 248 g/mol. The van der Waals surface area contributed by atoms with Crippen molar-refractivity contribution in [2.45, 2.75) is 18.9 Å². The first-order valence-electron chi connectivity index (χ1n) is 5.52. The van der Waals surface area contributed by atoms with Gasteiger partial charge in [-0.1, -0.05) is 18.2 Å². The maximum Gasteiger partial charge on any atom is 0.338 e. The fourth-order valence-corrected chi connectivity index (χ4v) is 1.96. The van der Waals surface area contributed by atoms with Crippen LogP contribution in [0, 0.1) is 10.1 Å². The molecule has 1 aliphatic carbocycles. The van der Waals surface area contributed by atoms with E-state index >= 15 is 0 Å². The summed E-state index contributed by atoms with van der Waals surface area (Å²) in [4.78, 5) is 21.4. The number of carboxylic acids is 1. The Morgan fingerprint density at radius 3 is 2.61 bits per heavy atom. The standard InChI is InChI=1S/C12H12N2O4/c15-12(16)9-6-3-7-10(14(17)18)11(9)13-8-4-1-2-5-8/h1-3,6-8,13H,4-5H2,(H,15,16). The Labute approximate surface area is 103 Å². The number of para-hydroxylation sites is 1. The highest BCUT2D eigenvalue weighted by Crippen LogP contribution is 2.30. The number of nitrogens with one attached hydrogen (secondary N) is 1. The van der Waals surface area contributed by atoms with E-state index in [0.29, 0.717) is 0 Å². The minimum atomic E-state index is -1.17. The van der Waals surface area contributed by atoms with Crippen molar-refractivity contribution >= 4 is 17.3 Å². The molecule has 0 aliphatic heterocycles. The van der Waals surface area contributed by atoms with Crippen LogP contribution >= 0.6 is 0 Å². The molecule has 18 heavy (non-hydrogen) atoms. The third kappa shape index (κ3) is 2.32. The molecule has 0 unspecified atom stereocenters. The smallest absolute Gasteiger partial charge is 0.338 e. The lowest BCUT2D eigenvalue weighted by molar-refractivity contribution is -0.384. The highest BCUT2D eigenvalue weighted by molar-refractivity contribution is 5.96. The maximum atomic E-state index is 11.1. The number of hydrogen-bond donors (Lipinski definition) is 2. The Balaban J connectivity index is 2.39. The number of rotatable bonds is 4. The first-order valence-corrected chi connectivity index (χ1v) is 5.52. The summed E-state index contributed by atoms with van der Waals surface area (Å²) in [6.45, 7) is 0. The minimum Gasteiger partial charge on any atom is -0.478 e.